The summed E-state index contributed by atoms with van der Waals surface area (Å²) in [5.74, 6) is 0.886. The van der Waals surface area contributed by atoms with Crippen LogP contribution in [-0.4, -0.2) is 66.9 Å². The minimum atomic E-state index is -1.34. The number of nitrogens with zero attached hydrogens (tertiary/aromatic N) is 3. The molecule has 1 aromatic carbocycles. The molecule has 0 bridgehead atoms. The number of methoxy groups -OCH3 is 1. The number of aliphatic hydroxyl groups is 3. The number of benzene rings is 1. The number of nitrogens with one attached hydrogen (secondary N) is 1. The molecule has 3 aromatic rings. The van der Waals surface area contributed by atoms with Gasteiger partial charge in [0.05, 0.1) is 20.0 Å². The van der Waals surface area contributed by atoms with Crippen molar-refractivity contribution in [2.45, 2.75) is 24.5 Å². The minimum absolute atomic E-state index is 0.0630. The van der Waals surface area contributed by atoms with Crippen molar-refractivity contribution in [3.63, 3.8) is 0 Å². The molecule has 2 aromatic heterocycles. The maximum absolute atomic E-state index is 12.2. The third-order valence-corrected chi connectivity index (χ3v) is 4.58. The van der Waals surface area contributed by atoms with Crippen LogP contribution in [0.3, 0.4) is 0 Å². The summed E-state index contributed by atoms with van der Waals surface area (Å²) in [5, 5.41) is 30.0. The van der Waals surface area contributed by atoms with Gasteiger partial charge in [0, 0.05) is 5.56 Å². The summed E-state index contributed by atoms with van der Waals surface area (Å²) < 4.78 is 12.3. The first kappa shape index (κ1) is 17.6. The third-order valence-electron chi connectivity index (χ3n) is 4.58. The van der Waals surface area contributed by atoms with Crippen molar-refractivity contribution in [2.75, 3.05) is 13.7 Å². The minimum Gasteiger partial charge on any atom is -0.497 e. The topological polar surface area (TPSA) is 143 Å². The molecule has 1 saturated heterocycles. The summed E-state index contributed by atoms with van der Waals surface area (Å²) in [6.07, 6.45) is -3.47. The summed E-state index contributed by atoms with van der Waals surface area (Å²) in [6.45, 7) is -0.468. The maximum Gasteiger partial charge on any atom is 0.278 e. The molecule has 0 spiro atoms. The van der Waals surface area contributed by atoms with Crippen molar-refractivity contribution in [2.24, 2.45) is 0 Å². The summed E-state index contributed by atoms with van der Waals surface area (Å²) >= 11 is 0. The Hall–Kier alpha value is -2.79. The standard InChI is InChI=1S/C17H18N4O6/c1-26-9-4-2-3-8(5-9)14-20-11-15(18-7-19-16(11)25)21(14)17-13(24)12(23)10(6-22)27-17/h2-5,7,10,12-13,17,22-24H,6H2,1H3,(H,18,19,25)/t10-,12-,13-,17-/m1/s1. The van der Waals surface area contributed by atoms with Crippen molar-refractivity contribution in [3.8, 4) is 17.1 Å². The fraction of sp³-hybridized carbons (Fsp3) is 0.353. The van der Waals surface area contributed by atoms with E-state index in [1.54, 1.807) is 24.3 Å². The van der Waals surface area contributed by atoms with E-state index < -0.39 is 36.7 Å². The first-order valence-corrected chi connectivity index (χ1v) is 8.27. The van der Waals surface area contributed by atoms with Gasteiger partial charge in [0.15, 0.2) is 17.4 Å². The number of hydrogen-bond acceptors (Lipinski definition) is 8. The van der Waals surface area contributed by atoms with Crippen LogP contribution in [0.15, 0.2) is 35.4 Å². The Morgan fingerprint density at radius 3 is 2.85 bits per heavy atom. The molecule has 4 N–H and O–H groups in total. The van der Waals surface area contributed by atoms with Crippen LogP contribution >= 0.6 is 0 Å². The highest BCUT2D eigenvalue weighted by Gasteiger charge is 2.45. The Balaban J connectivity index is 1.95. The number of hydrogen-bond donors (Lipinski definition) is 4. The smallest absolute Gasteiger partial charge is 0.278 e. The number of rotatable bonds is 4. The van der Waals surface area contributed by atoms with Gasteiger partial charge in [-0.2, -0.15) is 0 Å². The monoisotopic (exact) mass is 374 g/mol. The highest BCUT2D eigenvalue weighted by molar-refractivity contribution is 5.76. The van der Waals surface area contributed by atoms with Crippen LogP contribution in [-0.2, 0) is 4.74 Å². The third kappa shape index (κ3) is 2.79. The molecule has 142 valence electrons. The lowest BCUT2D eigenvalue weighted by Crippen LogP contribution is -2.33. The molecule has 0 amide bonds. The van der Waals surface area contributed by atoms with Crippen molar-refractivity contribution in [3.05, 3.63) is 40.9 Å². The van der Waals surface area contributed by atoms with Gasteiger partial charge in [-0.3, -0.25) is 9.36 Å². The molecule has 1 fully saturated rings. The molecular weight excluding hydrogens is 356 g/mol. The lowest BCUT2D eigenvalue weighted by atomic mass is 10.1. The van der Waals surface area contributed by atoms with Crippen LogP contribution < -0.4 is 10.3 Å². The second-order valence-corrected chi connectivity index (χ2v) is 6.17. The van der Waals surface area contributed by atoms with Crippen LogP contribution in [0.5, 0.6) is 5.75 Å². The zero-order chi connectivity index (χ0) is 19.1. The van der Waals surface area contributed by atoms with E-state index in [1.165, 1.54) is 18.0 Å². The molecule has 10 heteroatoms. The molecule has 0 saturated carbocycles. The Bertz CT molecular complexity index is 1030. The summed E-state index contributed by atoms with van der Waals surface area (Å²) in [4.78, 5) is 23.2. The first-order chi connectivity index (χ1) is 13.0. The van der Waals surface area contributed by atoms with Gasteiger partial charge in [-0.15, -0.1) is 0 Å². The Labute approximate surface area is 152 Å². The van der Waals surface area contributed by atoms with Crippen molar-refractivity contribution < 1.29 is 24.8 Å². The lowest BCUT2D eigenvalue weighted by molar-refractivity contribution is -0.0503. The predicted molar refractivity (Wildman–Crippen MR) is 93.1 cm³/mol. The summed E-state index contributed by atoms with van der Waals surface area (Å²) in [5.41, 5.74) is 0.401. The molecule has 3 heterocycles. The highest BCUT2D eigenvalue weighted by atomic mass is 16.6. The molecule has 0 aliphatic carbocycles. The van der Waals surface area contributed by atoms with Gasteiger partial charge in [0.1, 0.15) is 29.9 Å². The Morgan fingerprint density at radius 1 is 1.33 bits per heavy atom. The number of fused-ring (bicyclic) bond motifs is 1. The van der Waals surface area contributed by atoms with E-state index in [0.29, 0.717) is 17.1 Å². The number of aliphatic hydroxyl groups excluding tert-OH is 3. The van der Waals surface area contributed by atoms with E-state index in [0.717, 1.165) is 0 Å². The van der Waals surface area contributed by atoms with E-state index in [2.05, 4.69) is 15.0 Å². The van der Waals surface area contributed by atoms with Gasteiger partial charge in [0.2, 0.25) is 0 Å². The molecule has 1 aliphatic heterocycles. The van der Waals surface area contributed by atoms with Gasteiger partial charge in [-0.25, -0.2) is 9.97 Å². The van der Waals surface area contributed by atoms with Crippen molar-refractivity contribution in [1.29, 1.82) is 0 Å². The largest absolute Gasteiger partial charge is 0.497 e. The van der Waals surface area contributed by atoms with Crippen LogP contribution in [0.4, 0.5) is 0 Å². The molecule has 4 rings (SSSR count). The number of aromatic amines is 1. The van der Waals surface area contributed by atoms with Gasteiger partial charge in [0.25, 0.3) is 5.56 Å². The van der Waals surface area contributed by atoms with E-state index in [-0.39, 0.29) is 11.2 Å². The van der Waals surface area contributed by atoms with Crippen LogP contribution in [0.1, 0.15) is 6.23 Å². The summed E-state index contributed by atoms with van der Waals surface area (Å²) in [7, 11) is 1.53. The van der Waals surface area contributed by atoms with Gasteiger partial charge in [-0.1, -0.05) is 12.1 Å². The number of aromatic nitrogens is 4. The van der Waals surface area contributed by atoms with Crippen LogP contribution in [0.2, 0.25) is 0 Å². The molecule has 10 nitrogen and oxygen atoms in total. The molecule has 0 radical (unpaired) electrons. The van der Waals surface area contributed by atoms with Crippen LogP contribution in [0.25, 0.3) is 22.6 Å². The lowest BCUT2D eigenvalue weighted by Gasteiger charge is -2.19. The zero-order valence-corrected chi connectivity index (χ0v) is 14.3. The van der Waals surface area contributed by atoms with E-state index in [1.807, 2.05) is 0 Å². The normalized spacial score (nSPS) is 25.2. The fourth-order valence-corrected chi connectivity index (χ4v) is 3.22. The van der Waals surface area contributed by atoms with E-state index in [4.69, 9.17) is 9.47 Å². The van der Waals surface area contributed by atoms with E-state index >= 15 is 0 Å². The highest BCUT2D eigenvalue weighted by Crippen LogP contribution is 2.35. The zero-order valence-electron chi connectivity index (χ0n) is 14.3. The molecule has 0 unspecified atom stereocenters. The SMILES string of the molecule is COc1cccc(-c2nc3c(=O)[nH]cnc3n2[C@@H]2O[C@H](CO)[C@@H](O)[C@H]2O)c1. The molecule has 1 aliphatic rings. The second-order valence-electron chi connectivity index (χ2n) is 6.17. The molecule has 4 atom stereocenters. The second kappa shape index (κ2) is 6.74. The van der Waals surface area contributed by atoms with E-state index in [9.17, 15) is 20.1 Å². The predicted octanol–water partition coefficient (Wildman–Crippen LogP) is -0.593. The number of ether oxygens (including phenoxy) is 2. The first-order valence-electron chi connectivity index (χ1n) is 8.27. The maximum atomic E-state index is 12.2. The molecular formula is C17H18N4O6. The van der Waals surface area contributed by atoms with Crippen molar-refractivity contribution >= 4 is 11.2 Å². The van der Waals surface area contributed by atoms with Gasteiger partial charge < -0.3 is 29.8 Å². The average Bonchev–Trinajstić information content (AvgIpc) is 3.21. The summed E-state index contributed by atoms with van der Waals surface area (Å²) in [6, 6.07) is 6.99. The number of imidazole rings is 1. The van der Waals surface area contributed by atoms with Gasteiger partial charge in [-0.05, 0) is 12.1 Å². The quantitative estimate of drug-likeness (QED) is 0.474. The number of H-pyrrole nitrogens is 1. The Kier molecular flexibility index (Phi) is 4.40. The fourth-order valence-electron chi connectivity index (χ4n) is 3.22. The average molecular weight is 374 g/mol. The molecule has 27 heavy (non-hydrogen) atoms. The Morgan fingerprint density at radius 2 is 2.15 bits per heavy atom. The van der Waals surface area contributed by atoms with Gasteiger partial charge >= 0.3 is 0 Å². The van der Waals surface area contributed by atoms with Crippen LogP contribution in [0, 0.1) is 0 Å². The van der Waals surface area contributed by atoms with Crippen molar-refractivity contribution in [1.82, 2.24) is 19.5 Å².